The SMILES string of the molecule is C=C(C)N(CCc1ccccc1)C1CCC(CN)CC1.Clc1ccccc1. The van der Waals surface area contributed by atoms with Crippen molar-refractivity contribution in [3.05, 3.63) is 83.5 Å². The fourth-order valence-corrected chi connectivity index (χ4v) is 3.83. The molecule has 1 fully saturated rings. The summed E-state index contributed by atoms with van der Waals surface area (Å²) in [5, 5.41) is 0.794. The van der Waals surface area contributed by atoms with Crippen LogP contribution >= 0.6 is 11.6 Å². The monoisotopic (exact) mass is 384 g/mol. The summed E-state index contributed by atoms with van der Waals surface area (Å²) in [5.74, 6) is 0.743. The van der Waals surface area contributed by atoms with Gasteiger partial charge in [-0.05, 0) is 69.2 Å². The van der Waals surface area contributed by atoms with E-state index in [2.05, 4.69) is 48.7 Å². The largest absolute Gasteiger partial charge is 0.372 e. The van der Waals surface area contributed by atoms with Gasteiger partial charge < -0.3 is 10.6 Å². The molecule has 2 aromatic carbocycles. The van der Waals surface area contributed by atoms with Gasteiger partial charge in [-0.1, -0.05) is 66.7 Å². The van der Waals surface area contributed by atoms with Crippen molar-refractivity contribution in [3.63, 3.8) is 0 Å². The standard InChI is InChI=1S/C18H28N2.C6H5Cl/c1-15(2)20(13-12-16-6-4-3-5-7-16)18-10-8-17(14-19)9-11-18;7-6-4-2-1-3-5-6/h3-7,17-18H,1,8-14,19H2,2H3;1-5H. The van der Waals surface area contributed by atoms with Gasteiger partial charge in [0.05, 0.1) is 0 Å². The summed E-state index contributed by atoms with van der Waals surface area (Å²) < 4.78 is 0. The predicted octanol–water partition coefficient (Wildman–Crippen LogP) is 5.92. The van der Waals surface area contributed by atoms with Gasteiger partial charge in [0.2, 0.25) is 0 Å². The highest BCUT2D eigenvalue weighted by molar-refractivity contribution is 6.30. The number of hydrogen-bond acceptors (Lipinski definition) is 2. The third-order valence-electron chi connectivity index (χ3n) is 5.30. The Bertz CT molecular complexity index is 649. The van der Waals surface area contributed by atoms with E-state index in [4.69, 9.17) is 17.3 Å². The van der Waals surface area contributed by atoms with Crippen LogP contribution in [0.15, 0.2) is 72.9 Å². The molecule has 2 nitrogen and oxygen atoms in total. The van der Waals surface area contributed by atoms with Crippen LogP contribution in [0.3, 0.4) is 0 Å². The molecule has 2 aromatic rings. The Labute approximate surface area is 170 Å². The molecule has 0 amide bonds. The van der Waals surface area contributed by atoms with Gasteiger partial charge in [-0.15, -0.1) is 0 Å². The molecule has 0 unspecified atom stereocenters. The molecule has 27 heavy (non-hydrogen) atoms. The molecule has 0 aliphatic heterocycles. The quantitative estimate of drug-likeness (QED) is 0.669. The maximum Gasteiger partial charge on any atom is 0.0405 e. The molecule has 3 heteroatoms. The van der Waals surface area contributed by atoms with E-state index in [1.807, 2.05) is 30.3 Å². The number of halogens is 1. The second-order valence-corrected chi connectivity index (χ2v) is 7.81. The minimum absolute atomic E-state index is 0.666. The molecule has 3 rings (SSSR count). The lowest BCUT2D eigenvalue weighted by Gasteiger charge is -2.38. The van der Waals surface area contributed by atoms with Gasteiger partial charge in [-0.2, -0.15) is 0 Å². The van der Waals surface area contributed by atoms with Gasteiger partial charge in [0.25, 0.3) is 0 Å². The molecule has 0 spiro atoms. The first-order valence-electron chi connectivity index (χ1n) is 9.96. The van der Waals surface area contributed by atoms with E-state index in [9.17, 15) is 0 Å². The molecule has 0 heterocycles. The van der Waals surface area contributed by atoms with Crippen LogP contribution in [-0.2, 0) is 6.42 Å². The van der Waals surface area contributed by atoms with Gasteiger partial charge in [0.1, 0.15) is 0 Å². The lowest BCUT2D eigenvalue weighted by atomic mass is 9.85. The summed E-state index contributed by atoms with van der Waals surface area (Å²) in [6, 6.07) is 20.8. The first kappa shape index (κ1) is 21.5. The Hall–Kier alpha value is -1.77. The molecule has 1 aliphatic rings. The van der Waals surface area contributed by atoms with Crippen molar-refractivity contribution < 1.29 is 0 Å². The maximum atomic E-state index is 5.79. The van der Waals surface area contributed by atoms with Crippen LogP contribution < -0.4 is 5.73 Å². The van der Waals surface area contributed by atoms with E-state index in [0.29, 0.717) is 6.04 Å². The Balaban J connectivity index is 0.000000313. The van der Waals surface area contributed by atoms with Crippen molar-refractivity contribution in [3.8, 4) is 0 Å². The summed E-state index contributed by atoms with van der Waals surface area (Å²) >= 11 is 5.54. The normalized spacial score (nSPS) is 18.9. The van der Waals surface area contributed by atoms with Crippen LogP contribution in [0.1, 0.15) is 38.2 Å². The number of benzene rings is 2. The molecule has 0 atom stereocenters. The molecule has 2 N–H and O–H groups in total. The summed E-state index contributed by atoms with van der Waals surface area (Å²) in [5.41, 5.74) is 8.41. The van der Waals surface area contributed by atoms with E-state index >= 15 is 0 Å². The Morgan fingerprint density at radius 3 is 2.00 bits per heavy atom. The molecule has 146 valence electrons. The van der Waals surface area contributed by atoms with E-state index in [-0.39, 0.29) is 0 Å². The number of nitrogens with zero attached hydrogens (tertiary/aromatic N) is 1. The van der Waals surface area contributed by atoms with E-state index < -0.39 is 0 Å². The predicted molar refractivity (Wildman–Crippen MR) is 118 cm³/mol. The van der Waals surface area contributed by atoms with Gasteiger partial charge in [0, 0.05) is 23.3 Å². The third kappa shape index (κ3) is 7.78. The van der Waals surface area contributed by atoms with Crippen LogP contribution in [0.5, 0.6) is 0 Å². The zero-order valence-electron chi connectivity index (χ0n) is 16.5. The van der Waals surface area contributed by atoms with Gasteiger partial charge >= 0.3 is 0 Å². The van der Waals surface area contributed by atoms with Crippen molar-refractivity contribution in [2.75, 3.05) is 13.1 Å². The van der Waals surface area contributed by atoms with Gasteiger partial charge in [0.15, 0.2) is 0 Å². The minimum Gasteiger partial charge on any atom is -0.372 e. The summed E-state index contributed by atoms with van der Waals surface area (Å²) in [4.78, 5) is 2.51. The highest BCUT2D eigenvalue weighted by Gasteiger charge is 2.24. The van der Waals surface area contributed by atoms with E-state index in [1.165, 1.54) is 36.9 Å². The fraction of sp³-hybridized carbons (Fsp3) is 0.417. The minimum atomic E-state index is 0.666. The Morgan fingerprint density at radius 2 is 1.56 bits per heavy atom. The van der Waals surface area contributed by atoms with Crippen molar-refractivity contribution in [2.24, 2.45) is 11.7 Å². The van der Waals surface area contributed by atoms with Gasteiger partial charge in [-0.3, -0.25) is 0 Å². The van der Waals surface area contributed by atoms with E-state index in [0.717, 1.165) is 30.5 Å². The Morgan fingerprint density at radius 1 is 1.00 bits per heavy atom. The van der Waals surface area contributed by atoms with Crippen LogP contribution in [-0.4, -0.2) is 24.0 Å². The second kappa shape index (κ2) is 11.8. The summed E-state index contributed by atoms with van der Waals surface area (Å²) in [7, 11) is 0. The number of nitrogens with two attached hydrogens (primary N) is 1. The fourth-order valence-electron chi connectivity index (χ4n) is 3.69. The first-order valence-corrected chi connectivity index (χ1v) is 10.3. The van der Waals surface area contributed by atoms with Crippen molar-refractivity contribution in [1.29, 1.82) is 0 Å². The molecule has 0 bridgehead atoms. The smallest absolute Gasteiger partial charge is 0.0405 e. The molecule has 1 saturated carbocycles. The van der Waals surface area contributed by atoms with Gasteiger partial charge in [-0.25, -0.2) is 0 Å². The topological polar surface area (TPSA) is 29.3 Å². The van der Waals surface area contributed by atoms with Crippen LogP contribution in [0.25, 0.3) is 0 Å². The molecular weight excluding hydrogens is 352 g/mol. The number of hydrogen-bond donors (Lipinski definition) is 1. The number of allylic oxidation sites excluding steroid dienone is 1. The summed E-state index contributed by atoms with van der Waals surface area (Å²) in [6.07, 6.45) is 6.18. The molecule has 0 aromatic heterocycles. The van der Waals surface area contributed by atoms with Crippen LogP contribution in [0.2, 0.25) is 5.02 Å². The van der Waals surface area contributed by atoms with Crippen molar-refractivity contribution >= 4 is 11.6 Å². The van der Waals surface area contributed by atoms with Crippen LogP contribution in [0, 0.1) is 5.92 Å². The molecular formula is C24H33ClN2. The average Bonchev–Trinajstić information content (AvgIpc) is 2.70. The highest BCUT2D eigenvalue weighted by atomic mass is 35.5. The van der Waals surface area contributed by atoms with E-state index in [1.54, 1.807) is 0 Å². The second-order valence-electron chi connectivity index (χ2n) is 7.37. The Kier molecular flexibility index (Phi) is 9.44. The lowest BCUT2D eigenvalue weighted by molar-refractivity contribution is 0.176. The molecule has 0 radical (unpaired) electrons. The molecule has 0 saturated heterocycles. The first-order chi connectivity index (χ1) is 13.1. The maximum absolute atomic E-state index is 5.79. The lowest BCUT2D eigenvalue weighted by Crippen LogP contribution is -2.38. The zero-order chi connectivity index (χ0) is 19.5. The zero-order valence-corrected chi connectivity index (χ0v) is 17.2. The number of rotatable bonds is 6. The highest BCUT2D eigenvalue weighted by Crippen LogP contribution is 2.28. The van der Waals surface area contributed by atoms with Crippen molar-refractivity contribution in [1.82, 2.24) is 4.90 Å². The third-order valence-corrected chi connectivity index (χ3v) is 5.55. The summed E-state index contributed by atoms with van der Waals surface area (Å²) in [6.45, 7) is 8.25. The molecule has 1 aliphatic carbocycles. The van der Waals surface area contributed by atoms with Crippen molar-refractivity contribution in [2.45, 2.75) is 45.1 Å². The van der Waals surface area contributed by atoms with Crippen LogP contribution in [0.4, 0.5) is 0 Å². The average molecular weight is 385 g/mol.